The summed E-state index contributed by atoms with van der Waals surface area (Å²) in [6, 6.07) is 5.43. The lowest BCUT2D eigenvalue weighted by atomic mass is 9.81. The molecule has 0 saturated heterocycles. The Labute approximate surface area is 122 Å². The van der Waals surface area contributed by atoms with Crippen LogP contribution in [0.4, 0.5) is 5.69 Å². The van der Waals surface area contributed by atoms with E-state index in [1.54, 1.807) is 6.07 Å². The molecule has 0 fully saturated rings. The summed E-state index contributed by atoms with van der Waals surface area (Å²) in [4.78, 5) is 12.7. The number of halogens is 1. The van der Waals surface area contributed by atoms with Crippen molar-refractivity contribution in [1.82, 2.24) is 0 Å². The van der Waals surface area contributed by atoms with Crippen LogP contribution >= 0.6 is 11.6 Å². The van der Waals surface area contributed by atoms with E-state index >= 15 is 0 Å². The highest BCUT2D eigenvalue weighted by atomic mass is 35.5. The molecule has 2 N–H and O–H groups in total. The molecule has 3 heteroatoms. The van der Waals surface area contributed by atoms with Crippen LogP contribution in [0.2, 0.25) is 0 Å². The fraction of sp³-hybridized carbons (Fsp3) is 0.118. The van der Waals surface area contributed by atoms with Crippen LogP contribution in [0.3, 0.4) is 0 Å². The maximum absolute atomic E-state index is 12.7. The summed E-state index contributed by atoms with van der Waals surface area (Å²) >= 11 is 6.33. The first-order chi connectivity index (χ1) is 9.50. The number of hydrogen-bond donors (Lipinski definition) is 1. The predicted molar refractivity (Wildman–Crippen MR) is 83.5 cm³/mol. The molecule has 0 bridgehead atoms. The largest absolute Gasteiger partial charge is 0.398 e. The molecule has 0 saturated carbocycles. The molecule has 20 heavy (non-hydrogen) atoms. The highest BCUT2D eigenvalue weighted by Crippen LogP contribution is 2.42. The van der Waals surface area contributed by atoms with E-state index in [-0.39, 0.29) is 11.7 Å². The van der Waals surface area contributed by atoms with Gasteiger partial charge in [0.15, 0.2) is 5.78 Å². The van der Waals surface area contributed by atoms with Crippen molar-refractivity contribution in [3.8, 4) is 0 Å². The van der Waals surface area contributed by atoms with E-state index in [1.807, 2.05) is 37.3 Å². The smallest absolute Gasteiger partial charge is 0.197 e. The molecule has 0 spiro atoms. The molecule has 0 aromatic heterocycles. The van der Waals surface area contributed by atoms with E-state index < -0.39 is 0 Å². The van der Waals surface area contributed by atoms with Gasteiger partial charge < -0.3 is 5.73 Å². The molecule has 1 unspecified atom stereocenters. The number of benzene rings is 1. The third-order valence-electron chi connectivity index (χ3n) is 3.68. The van der Waals surface area contributed by atoms with Gasteiger partial charge in [0.25, 0.3) is 0 Å². The number of ketones is 1. The maximum Gasteiger partial charge on any atom is 0.197 e. The standard InChI is InChI=1S/C17H14ClNO/c1-9-6-7-12-10(2)11-4-3-5-14(19)16(11)17(20)15(12)13(18)8-9/h3-9H,2,19H2,1H3. The molecule has 2 aliphatic carbocycles. The van der Waals surface area contributed by atoms with Crippen LogP contribution in [0.25, 0.3) is 5.57 Å². The second kappa shape index (κ2) is 4.50. The Morgan fingerprint density at radius 2 is 2.10 bits per heavy atom. The molecule has 0 amide bonds. The van der Waals surface area contributed by atoms with Crippen molar-refractivity contribution in [3.63, 3.8) is 0 Å². The summed E-state index contributed by atoms with van der Waals surface area (Å²) in [6.07, 6.45) is 5.81. The van der Waals surface area contributed by atoms with Gasteiger partial charge in [-0.15, -0.1) is 0 Å². The van der Waals surface area contributed by atoms with E-state index in [0.717, 1.165) is 16.7 Å². The van der Waals surface area contributed by atoms with Gasteiger partial charge in [0.2, 0.25) is 0 Å². The van der Waals surface area contributed by atoms with Gasteiger partial charge in [0.1, 0.15) is 0 Å². The first kappa shape index (κ1) is 12.9. The maximum atomic E-state index is 12.7. The highest BCUT2D eigenvalue weighted by molar-refractivity contribution is 6.39. The summed E-state index contributed by atoms with van der Waals surface area (Å²) in [7, 11) is 0. The topological polar surface area (TPSA) is 43.1 Å². The van der Waals surface area contributed by atoms with Gasteiger partial charge in [-0.2, -0.15) is 0 Å². The SMILES string of the molecule is C=C1C2=C(C(=O)c3c(N)cccc31)C(Cl)=CC(C)C=C2. The first-order valence-corrected chi connectivity index (χ1v) is 6.81. The van der Waals surface area contributed by atoms with E-state index in [9.17, 15) is 4.79 Å². The highest BCUT2D eigenvalue weighted by Gasteiger charge is 2.31. The van der Waals surface area contributed by atoms with Crippen molar-refractivity contribution in [2.24, 2.45) is 5.92 Å². The normalized spacial score (nSPS) is 21.3. The van der Waals surface area contributed by atoms with E-state index in [0.29, 0.717) is 21.9 Å². The first-order valence-electron chi connectivity index (χ1n) is 6.43. The lowest BCUT2D eigenvalue weighted by Crippen LogP contribution is -2.17. The van der Waals surface area contributed by atoms with Crippen molar-refractivity contribution >= 4 is 28.6 Å². The van der Waals surface area contributed by atoms with Crippen LogP contribution in [0, 0.1) is 5.92 Å². The van der Waals surface area contributed by atoms with Gasteiger partial charge in [-0.05, 0) is 28.7 Å². The summed E-state index contributed by atoms with van der Waals surface area (Å²) < 4.78 is 0. The molecule has 100 valence electrons. The molecule has 0 radical (unpaired) electrons. The number of carbonyl (C=O) groups is 1. The number of nitrogens with two attached hydrogens (primary N) is 1. The fourth-order valence-corrected chi connectivity index (χ4v) is 3.04. The number of hydrogen-bond acceptors (Lipinski definition) is 2. The van der Waals surface area contributed by atoms with E-state index in [1.165, 1.54) is 0 Å². The number of allylic oxidation sites excluding steroid dienone is 7. The average Bonchev–Trinajstić information content (AvgIpc) is 2.54. The van der Waals surface area contributed by atoms with Crippen LogP contribution in [0.5, 0.6) is 0 Å². The van der Waals surface area contributed by atoms with Crippen LogP contribution in [-0.4, -0.2) is 5.78 Å². The minimum Gasteiger partial charge on any atom is -0.398 e. The third-order valence-corrected chi connectivity index (χ3v) is 4.00. The Bertz CT molecular complexity index is 737. The number of carbonyl (C=O) groups excluding carboxylic acids is 1. The Kier molecular flexibility index (Phi) is 2.91. The van der Waals surface area contributed by atoms with E-state index in [4.69, 9.17) is 17.3 Å². The van der Waals surface area contributed by atoms with Gasteiger partial charge in [-0.25, -0.2) is 0 Å². The second-order valence-electron chi connectivity index (χ2n) is 5.10. The van der Waals surface area contributed by atoms with Crippen LogP contribution in [0.1, 0.15) is 22.8 Å². The zero-order chi connectivity index (χ0) is 14.4. The summed E-state index contributed by atoms with van der Waals surface area (Å²) in [5, 5.41) is 0.470. The van der Waals surface area contributed by atoms with Crippen molar-refractivity contribution < 1.29 is 4.79 Å². The number of Topliss-reactive ketones (excluding diaryl/α,β-unsaturated/α-hetero) is 1. The van der Waals surface area contributed by atoms with Gasteiger partial charge in [0, 0.05) is 16.3 Å². The molecular formula is C17H14ClNO. The monoisotopic (exact) mass is 283 g/mol. The number of nitrogen functional groups attached to an aromatic ring is 1. The summed E-state index contributed by atoms with van der Waals surface area (Å²) in [5.74, 6) is 0.0506. The summed E-state index contributed by atoms with van der Waals surface area (Å²) in [5.41, 5.74) is 9.80. The van der Waals surface area contributed by atoms with Gasteiger partial charge in [0.05, 0.1) is 5.56 Å². The molecular weight excluding hydrogens is 270 g/mol. The Morgan fingerprint density at radius 3 is 2.85 bits per heavy atom. The molecule has 2 aliphatic rings. The van der Waals surface area contributed by atoms with Crippen molar-refractivity contribution in [1.29, 1.82) is 0 Å². The van der Waals surface area contributed by atoms with Gasteiger partial charge in [-0.1, -0.05) is 55.5 Å². The molecule has 1 atom stereocenters. The Morgan fingerprint density at radius 1 is 1.35 bits per heavy atom. The lowest BCUT2D eigenvalue weighted by molar-refractivity contribution is 0.103. The van der Waals surface area contributed by atoms with Crippen molar-refractivity contribution in [3.05, 3.63) is 70.3 Å². The van der Waals surface area contributed by atoms with Crippen molar-refractivity contribution in [2.75, 3.05) is 5.73 Å². The average molecular weight is 284 g/mol. The zero-order valence-corrected chi connectivity index (χ0v) is 11.9. The molecule has 1 aromatic carbocycles. The number of fused-ring (bicyclic) bond motifs is 1. The van der Waals surface area contributed by atoms with E-state index in [2.05, 4.69) is 6.58 Å². The molecule has 2 nitrogen and oxygen atoms in total. The molecule has 0 aliphatic heterocycles. The molecule has 1 aromatic rings. The predicted octanol–water partition coefficient (Wildman–Crippen LogP) is 4.10. The Balaban J connectivity index is 2.31. The minimum atomic E-state index is -0.125. The van der Waals surface area contributed by atoms with Crippen molar-refractivity contribution in [2.45, 2.75) is 6.92 Å². The molecule has 3 rings (SSSR count). The third kappa shape index (κ3) is 1.76. The van der Waals surface area contributed by atoms with Crippen LogP contribution < -0.4 is 5.73 Å². The summed E-state index contributed by atoms with van der Waals surface area (Å²) in [6.45, 7) is 6.13. The van der Waals surface area contributed by atoms with Gasteiger partial charge in [-0.3, -0.25) is 4.79 Å². The van der Waals surface area contributed by atoms with Gasteiger partial charge >= 0.3 is 0 Å². The zero-order valence-electron chi connectivity index (χ0n) is 11.1. The van der Waals surface area contributed by atoms with Crippen LogP contribution in [-0.2, 0) is 0 Å². The number of rotatable bonds is 0. The lowest BCUT2D eigenvalue weighted by Gasteiger charge is -2.23. The second-order valence-corrected chi connectivity index (χ2v) is 5.51. The molecule has 0 heterocycles. The quantitative estimate of drug-likeness (QED) is 0.728. The van der Waals surface area contributed by atoms with Crippen LogP contribution in [0.15, 0.2) is 59.2 Å². The number of anilines is 1. The fourth-order valence-electron chi connectivity index (χ4n) is 2.66. The minimum absolute atomic E-state index is 0.125. The Hall–Kier alpha value is -2.06.